The quantitative estimate of drug-likeness (QED) is 0.765. The number of methoxy groups -OCH3 is 1. The molecule has 0 aliphatic heterocycles. The molecule has 0 aromatic carbocycles. The Labute approximate surface area is 100 Å². The van der Waals surface area contributed by atoms with Crippen molar-refractivity contribution in [2.75, 3.05) is 27.7 Å². The maximum absolute atomic E-state index is 11.3. The van der Waals surface area contributed by atoms with Crippen LogP contribution >= 0.6 is 11.3 Å². The topological polar surface area (TPSA) is 41.6 Å². The SMILES string of the molecule is COc1ccsc1CNCCC(=O)N(C)C. The lowest BCUT2D eigenvalue weighted by Crippen LogP contribution is -2.26. The van der Waals surface area contributed by atoms with Crippen LogP contribution in [-0.4, -0.2) is 38.6 Å². The van der Waals surface area contributed by atoms with E-state index in [-0.39, 0.29) is 5.91 Å². The highest BCUT2D eigenvalue weighted by molar-refractivity contribution is 7.10. The number of nitrogens with one attached hydrogen (secondary N) is 1. The molecule has 0 radical (unpaired) electrons. The van der Waals surface area contributed by atoms with Crippen molar-refractivity contribution >= 4 is 17.2 Å². The first-order chi connectivity index (χ1) is 7.65. The Hall–Kier alpha value is -1.07. The molecule has 0 saturated heterocycles. The molecular weight excluding hydrogens is 224 g/mol. The molecule has 0 aliphatic carbocycles. The van der Waals surface area contributed by atoms with Crippen LogP contribution in [0.25, 0.3) is 0 Å². The predicted molar refractivity (Wildman–Crippen MR) is 65.9 cm³/mol. The molecule has 5 heteroatoms. The van der Waals surface area contributed by atoms with E-state index in [0.717, 1.165) is 12.3 Å². The van der Waals surface area contributed by atoms with E-state index in [1.165, 1.54) is 4.88 Å². The van der Waals surface area contributed by atoms with Gasteiger partial charge < -0.3 is 15.0 Å². The molecule has 0 atom stereocenters. The van der Waals surface area contributed by atoms with E-state index < -0.39 is 0 Å². The summed E-state index contributed by atoms with van der Waals surface area (Å²) in [5.74, 6) is 1.06. The average Bonchev–Trinajstić information content (AvgIpc) is 2.71. The highest BCUT2D eigenvalue weighted by Gasteiger charge is 2.05. The number of thiophene rings is 1. The second-order valence-electron chi connectivity index (χ2n) is 3.63. The van der Waals surface area contributed by atoms with Gasteiger partial charge in [0, 0.05) is 33.6 Å². The van der Waals surface area contributed by atoms with E-state index in [4.69, 9.17) is 4.74 Å². The Morgan fingerprint density at radius 3 is 2.94 bits per heavy atom. The maximum atomic E-state index is 11.3. The number of ether oxygens (including phenoxy) is 1. The van der Waals surface area contributed by atoms with E-state index >= 15 is 0 Å². The van der Waals surface area contributed by atoms with Crippen molar-refractivity contribution in [3.8, 4) is 5.75 Å². The Morgan fingerprint density at radius 2 is 2.31 bits per heavy atom. The predicted octanol–water partition coefficient (Wildman–Crippen LogP) is 1.32. The largest absolute Gasteiger partial charge is 0.496 e. The first-order valence-corrected chi connectivity index (χ1v) is 6.04. The fraction of sp³-hybridized carbons (Fsp3) is 0.545. The van der Waals surface area contributed by atoms with Crippen LogP contribution in [0.3, 0.4) is 0 Å². The summed E-state index contributed by atoms with van der Waals surface area (Å²) in [6.45, 7) is 1.44. The second-order valence-corrected chi connectivity index (χ2v) is 4.63. The molecule has 90 valence electrons. The Balaban J connectivity index is 2.23. The first kappa shape index (κ1) is 13.0. The van der Waals surface area contributed by atoms with Gasteiger partial charge in [0.15, 0.2) is 0 Å². The zero-order valence-electron chi connectivity index (χ0n) is 9.95. The number of carbonyl (C=O) groups is 1. The van der Waals surface area contributed by atoms with Crippen LogP contribution in [0, 0.1) is 0 Å². The van der Waals surface area contributed by atoms with E-state index in [1.54, 1.807) is 37.4 Å². The highest BCUT2D eigenvalue weighted by Crippen LogP contribution is 2.23. The maximum Gasteiger partial charge on any atom is 0.223 e. The number of nitrogens with zero attached hydrogens (tertiary/aromatic N) is 1. The third-order valence-electron chi connectivity index (χ3n) is 2.22. The van der Waals surface area contributed by atoms with Crippen molar-refractivity contribution < 1.29 is 9.53 Å². The van der Waals surface area contributed by atoms with Crippen LogP contribution in [0.2, 0.25) is 0 Å². The van der Waals surface area contributed by atoms with Gasteiger partial charge in [0.2, 0.25) is 5.91 Å². The molecule has 1 aromatic rings. The fourth-order valence-corrected chi connectivity index (χ4v) is 2.07. The van der Waals surface area contributed by atoms with E-state index in [9.17, 15) is 4.79 Å². The molecule has 0 bridgehead atoms. The van der Waals surface area contributed by atoms with Gasteiger partial charge in [-0.05, 0) is 11.4 Å². The standard InChI is InChI=1S/C11H18N2O2S/c1-13(2)11(14)4-6-12-8-10-9(15-3)5-7-16-10/h5,7,12H,4,6,8H2,1-3H3. The minimum absolute atomic E-state index is 0.144. The summed E-state index contributed by atoms with van der Waals surface area (Å²) in [6, 6.07) is 1.95. The Bertz CT molecular complexity index is 336. The van der Waals surface area contributed by atoms with Crippen LogP contribution in [0.5, 0.6) is 5.75 Å². The molecule has 1 rings (SSSR count). The molecule has 0 spiro atoms. The minimum Gasteiger partial charge on any atom is -0.496 e. The van der Waals surface area contributed by atoms with Crippen molar-refractivity contribution in [2.45, 2.75) is 13.0 Å². The Morgan fingerprint density at radius 1 is 1.56 bits per heavy atom. The van der Waals surface area contributed by atoms with E-state index in [2.05, 4.69) is 5.32 Å². The fourth-order valence-electron chi connectivity index (χ4n) is 1.26. The summed E-state index contributed by atoms with van der Waals surface area (Å²) < 4.78 is 5.20. The zero-order chi connectivity index (χ0) is 12.0. The van der Waals surface area contributed by atoms with Gasteiger partial charge in [-0.25, -0.2) is 0 Å². The molecule has 1 aromatic heterocycles. The molecule has 0 aliphatic rings. The summed E-state index contributed by atoms with van der Waals surface area (Å²) in [5.41, 5.74) is 0. The summed E-state index contributed by atoms with van der Waals surface area (Å²) in [7, 11) is 5.20. The lowest BCUT2D eigenvalue weighted by Gasteiger charge is -2.10. The average molecular weight is 242 g/mol. The lowest BCUT2D eigenvalue weighted by molar-refractivity contribution is -0.128. The number of rotatable bonds is 6. The number of amides is 1. The summed E-state index contributed by atoms with van der Waals surface area (Å²) in [6.07, 6.45) is 0.528. The van der Waals surface area contributed by atoms with Crippen molar-refractivity contribution in [3.63, 3.8) is 0 Å². The second kappa shape index (κ2) is 6.50. The normalized spacial score (nSPS) is 10.2. The molecule has 0 saturated carbocycles. The van der Waals surface area contributed by atoms with Gasteiger partial charge in [-0.2, -0.15) is 0 Å². The zero-order valence-corrected chi connectivity index (χ0v) is 10.8. The van der Waals surface area contributed by atoms with Crippen molar-refractivity contribution in [1.29, 1.82) is 0 Å². The number of carbonyl (C=O) groups excluding carboxylic acids is 1. The van der Waals surface area contributed by atoms with E-state index in [0.29, 0.717) is 13.0 Å². The smallest absolute Gasteiger partial charge is 0.223 e. The molecule has 0 fully saturated rings. The highest BCUT2D eigenvalue weighted by atomic mass is 32.1. The van der Waals surface area contributed by atoms with Gasteiger partial charge in [-0.3, -0.25) is 4.79 Å². The van der Waals surface area contributed by atoms with Crippen molar-refractivity contribution in [1.82, 2.24) is 10.2 Å². The molecule has 16 heavy (non-hydrogen) atoms. The third kappa shape index (κ3) is 3.83. The number of hydrogen-bond acceptors (Lipinski definition) is 4. The molecule has 1 N–H and O–H groups in total. The van der Waals surface area contributed by atoms with Gasteiger partial charge >= 0.3 is 0 Å². The van der Waals surface area contributed by atoms with Gasteiger partial charge in [0.1, 0.15) is 5.75 Å². The number of hydrogen-bond donors (Lipinski definition) is 1. The molecular formula is C11H18N2O2S. The summed E-state index contributed by atoms with van der Waals surface area (Å²) >= 11 is 1.66. The molecule has 1 heterocycles. The van der Waals surface area contributed by atoms with Gasteiger partial charge in [0.25, 0.3) is 0 Å². The third-order valence-corrected chi connectivity index (χ3v) is 3.13. The van der Waals surface area contributed by atoms with Crippen LogP contribution in [-0.2, 0) is 11.3 Å². The van der Waals surface area contributed by atoms with Gasteiger partial charge in [-0.15, -0.1) is 11.3 Å². The van der Waals surface area contributed by atoms with E-state index in [1.807, 2.05) is 11.4 Å². The van der Waals surface area contributed by atoms with Crippen molar-refractivity contribution in [3.05, 3.63) is 16.3 Å². The lowest BCUT2D eigenvalue weighted by atomic mass is 10.3. The Kier molecular flexibility index (Phi) is 5.28. The monoisotopic (exact) mass is 242 g/mol. The molecule has 0 unspecified atom stereocenters. The first-order valence-electron chi connectivity index (χ1n) is 5.16. The van der Waals surface area contributed by atoms with Gasteiger partial charge in [-0.1, -0.05) is 0 Å². The van der Waals surface area contributed by atoms with Crippen LogP contribution in [0.1, 0.15) is 11.3 Å². The van der Waals surface area contributed by atoms with Crippen LogP contribution in [0.15, 0.2) is 11.4 Å². The minimum atomic E-state index is 0.144. The molecule has 1 amide bonds. The molecule has 4 nitrogen and oxygen atoms in total. The van der Waals surface area contributed by atoms with Crippen molar-refractivity contribution in [2.24, 2.45) is 0 Å². The van der Waals surface area contributed by atoms with Crippen LogP contribution < -0.4 is 10.1 Å². The van der Waals surface area contributed by atoms with Gasteiger partial charge in [0.05, 0.1) is 12.0 Å². The summed E-state index contributed by atoms with van der Waals surface area (Å²) in [4.78, 5) is 14.1. The summed E-state index contributed by atoms with van der Waals surface area (Å²) in [5, 5.41) is 5.23. The van der Waals surface area contributed by atoms with Crippen LogP contribution in [0.4, 0.5) is 0 Å².